The lowest BCUT2D eigenvalue weighted by atomic mass is 10.1. The molecule has 2 aromatic heterocycles. The highest BCUT2D eigenvalue weighted by Gasteiger charge is 2.41. The number of nitrogens with zero attached hydrogens (tertiary/aromatic N) is 4. The van der Waals surface area contributed by atoms with Crippen molar-refractivity contribution >= 4 is 34.7 Å². The lowest BCUT2D eigenvalue weighted by Gasteiger charge is -2.19. The molecule has 37 heavy (non-hydrogen) atoms. The van der Waals surface area contributed by atoms with Crippen LogP contribution >= 0.6 is 11.8 Å². The standard InChI is InChI=1S/C27H26N4O5S/c1-16-4-8-18(9-5-16)26(32)34-14-22-21(36-27(33)19-10-6-17(2)7-11-19)12-23(35-22)31-24-20(13-30-31)25(37-3)29-15-28-24/h4-11,13,15,21-23H,12,14H2,1-3H3/t21-,22+,23-/m0/s1. The van der Waals surface area contributed by atoms with Gasteiger partial charge in [-0.25, -0.2) is 24.2 Å². The molecule has 1 fully saturated rings. The largest absolute Gasteiger partial charge is 0.459 e. The number of carbonyl (C=O) groups excluding carboxylic acids is 2. The Balaban J connectivity index is 1.36. The van der Waals surface area contributed by atoms with Crippen LogP contribution < -0.4 is 0 Å². The predicted molar refractivity (Wildman–Crippen MR) is 137 cm³/mol. The Morgan fingerprint density at radius 1 is 1.00 bits per heavy atom. The van der Waals surface area contributed by atoms with Crippen molar-refractivity contribution in [2.24, 2.45) is 0 Å². The molecule has 10 heteroatoms. The molecule has 190 valence electrons. The van der Waals surface area contributed by atoms with Crippen LogP contribution in [0.1, 0.15) is 44.5 Å². The van der Waals surface area contributed by atoms with E-state index in [1.165, 1.54) is 18.1 Å². The second kappa shape index (κ2) is 10.7. The van der Waals surface area contributed by atoms with Crippen LogP contribution in [0.2, 0.25) is 0 Å². The molecule has 0 aliphatic carbocycles. The van der Waals surface area contributed by atoms with Gasteiger partial charge in [0, 0.05) is 6.42 Å². The summed E-state index contributed by atoms with van der Waals surface area (Å²) in [5.41, 5.74) is 3.57. The predicted octanol–water partition coefficient (Wildman–Crippen LogP) is 4.54. The Morgan fingerprint density at radius 2 is 1.65 bits per heavy atom. The van der Waals surface area contributed by atoms with Crippen LogP contribution in [0.3, 0.4) is 0 Å². The summed E-state index contributed by atoms with van der Waals surface area (Å²) in [4.78, 5) is 34.2. The topological polar surface area (TPSA) is 105 Å². The third kappa shape index (κ3) is 5.35. The first-order valence-corrected chi connectivity index (χ1v) is 13.0. The number of ether oxygens (including phenoxy) is 3. The zero-order valence-electron chi connectivity index (χ0n) is 20.7. The maximum absolute atomic E-state index is 12.9. The molecule has 3 atom stereocenters. The van der Waals surface area contributed by atoms with Gasteiger partial charge < -0.3 is 14.2 Å². The van der Waals surface area contributed by atoms with E-state index in [0.29, 0.717) is 23.2 Å². The van der Waals surface area contributed by atoms with Gasteiger partial charge in [0.15, 0.2) is 11.9 Å². The van der Waals surface area contributed by atoms with Gasteiger partial charge in [0.05, 0.1) is 22.7 Å². The molecule has 0 N–H and O–H groups in total. The third-order valence-electron chi connectivity index (χ3n) is 6.21. The summed E-state index contributed by atoms with van der Waals surface area (Å²) in [7, 11) is 0. The molecule has 0 amide bonds. The van der Waals surface area contributed by atoms with Crippen LogP contribution in [0.5, 0.6) is 0 Å². The number of esters is 2. The van der Waals surface area contributed by atoms with Crippen molar-refractivity contribution in [2.75, 3.05) is 12.9 Å². The van der Waals surface area contributed by atoms with Gasteiger partial charge in [-0.05, 0) is 44.4 Å². The molecule has 1 aliphatic rings. The number of aryl methyl sites for hydroxylation is 2. The number of aromatic nitrogens is 4. The van der Waals surface area contributed by atoms with Crippen molar-refractivity contribution in [1.82, 2.24) is 19.7 Å². The Labute approximate surface area is 218 Å². The molecule has 1 aliphatic heterocycles. The summed E-state index contributed by atoms with van der Waals surface area (Å²) in [6.07, 6.45) is 3.52. The van der Waals surface area contributed by atoms with Crippen LogP contribution in [-0.2, 0) is 14.2 Å². The Bertz CT molecular complexity index is 1420. The Kier molecular flexibility index (Phi) is 7.20. The van der Waals surface area contributed by atoms with Crippen molar-refractivity contribution in [1.29, 1.82) is 0 Å². The Morgan fingerprint density at radius 3 is 2.30 bits per heavy atom. The minimum atomic E-state index is -0.685. The number of hydrogen-bond donors (Lipinski definition) is 0. The summed E-state index contributed by atoms with van der Waals surface area (Å²) < 4.78 is 19.3. The van der Waals surface area contributed by atoms with Crippen LogP contribution in [-0.4, -0.2) is 56.8 Å². The van der Waals surface area contributed by atoms with Crippen molar-refractivity contribution in [3.8, 4) is 0 Å². The normalized spacial score (nSPS) is 19.2. The molecule has 0 saturated carbocycles. The monoisotopic (exact) mass is 518 g/mol. The number of benzene rings is 2. The van der Waals surface area contributed by atoms with E-state index in [4.69, 9.17) is 14.2 Å². The molecule has 4 aromatic rings. The van der Waals surface area contributed by atoms with E-state index in [9.17, 15) is 9.59 Å². The minimum absolute atomic E-state index is 0.0840. The molecule has 1 saturated heterocycles. The van der Waals surface area contributed by atoms with E-state index < -0.39 is 30.4 Å². The fraction of sp³-hybridized carbons (Fsp3) is 0.296. The van der Waals surface area contributed by atoms with Gasteiger partial charge in [0.25, 0.3) is 0 Å². The second-order valence-corrected chi connectivity index (χ2v) is 9.64. The number of hydrogen-bond acceptors (Lipinski definition) is 9. The first kappa shape index (κ1) is 24.9. The molecular weight excluding hydrogens is 492 g/mol. The molecule has 9 nitrogen and oxygen atoms in total. The number of fused-ring (bicyclic) bond motifs is 1. The van der Waals surface area contributed by atoms with Crippen molar-refractivity contribution in [3.63, 3.8) is 0 Å². The van der Waals surface area contributed by atoms with E-state index in [0.717, 1.165) is 21.5 Å². The Hall–Kier alpha value is -3.76. The van der Waals surface area contributed by atoms with Gasteiger partial charge in [-0.15, -0.1) is 11.8 Å². The van der Waals surface area contributed by atoms with Crippen molar-refractivity contribution in [3.05, 3.63) is 83.3 Å². The summed E-state index contributed by atoms with van der Waals surface area (Å²) in [5.74, 6) is -0.945. The molecule has 0 spiro atoms. The van der Waals surface area contributed by atoms with Gasteiger partial charge in [-0.1, -0.05) is 35.4 Å². The van der Waals surface area contributed by atoms with Crippen LogP contribution in [0, 0.1) is 13.8 Å². The zero-order valence-corrected chi connectivity index (χ0v) is 21.5. The lowest BCUT2D eigenvalue weighted by Crippen LogP contribution is -2.32. The first-order chi connectivity index (χ1) is 17.9. The van der Waals surface area contributed by atoms with E-state index >= 15 is 0 Å². The van der Waals surface area contributed by atoms with Crippen molar-refractivity contribution in [2.45, 2.75) is 43.7 Å². The summed E-state index contributed by atoms with van der Waals surface area (Å²) >= 11 is 1.50. The van der Waals surface area contributed by atoms with Gasteiger partial charge in [-0.3, -0.25) is 0 Å². The van der Waals surface area contributed by atoms with Gasteiger partial charge >= 0.3 is 11.9 Å². The molecule has 2 aromatic carbocycles. The summed E-state index contributed by atoms with van der Waals surface area (Å²) in [6, 6.07) is 14.3. The highest BCUT2D eigenvalue weighted by molar-refractivity contribution is 7.98. The quantitative estimate of drug-likeness (QED) is 0.198. The van der Waals surface area contributed by atoms with E-state index in [2.05, 4.69) is 15.1 Å². The lowest BCUT2D eigenvalue weighted by molar-refractivity contribution is -0.0590. The highest BCUT2D eigenvalue weighted by atomic mass is 32.2. The number of rotatable bonds is 7. The molecule has 0 bridgehead atoms. The van der Waals surface area contributed by atoms with Crippen molar-refractivity contribution < 1.29 is 23.8 Å². The van der Waals surface area contributed by atoms with Crippen LogP contribution in [0.15, 0.2) is 66.1 Å². The smallest absolute Gasteiger partial charge is 0.338 e. The summed E-state index contributed by atoms with van der Waals surface area (Å²) in [6.45, 7) is 3.81. The number of carbonyl (C=O) groups is 2. The molecule has 3 heterocycles. The summed E-state index contributed by atoms with van der Waals surface area (Å²) in [5, 5.41) is 6.09. The fourth-order valence-corrected chi connectivity index (χ4v) is 4.68. The van der Waals surface area contributed by atoms with E-state index in [1.807, 2.05) is 44.4 Å². The first-order valence-electron chi connectivity index (χ1n) is 11.8. The number of thioether (sulfide) groups is 1. The average Bonchev–Trinajstić information content (AvgIpc) is 3.52. The average molecular weight is 519 g/mol. The SMILES string of the molecule is CSc1ncnc2c1cnn2[C@@H]1C[C@H](OC(=O)c2ccc(C)cc2)[C@@H](COC(=O)c2ccc(C)cc2)O1. The van der Waals surface area contributed by atoms with E-state index in [-0.39, 0.29) is 6.61 Å². The highest BCUT2D eigenvalue weighted by Crippen LogP contribution is 2.34. The fourth-order valence-electron chi connectivity index (χ4n) is 4.16. The molecule has 0 radical (unpaired) electrons. The van der Waals surface area contributed by atoms with Gasteiger partial charge in [-0.2, -0.15) is 5.10 Å². The second-order valence-electron chi connectivity index (χ2n) is 8.85. The molecule has 0 unspecified atom stereocenters. The minimum Gasteiger partial charge on any atom is -0.459 e. The molecule has 5 rings (SSSR count). The van der Waals surface area contributed by atoms with E-state index in [1.54, 1.807) is 35.1 Å². The van der Waals surface area contributed by atoms with Crippen LogP contribution in [0.4, 0.5) is 0 Å². The zero-order chi connectivity index (χ0) is 25.9. The molecular formula is C27H26N4O5S. The van der Waals surface area contributed by atoms with Crippen LogP contribution in [0.25, 0.3) is 11.0 Å². The maximum Gasteiger partial charge on any atom is 0.338 e. The van der Waals surface area contributed by atoms with Gasteiger partial charge in [0.1, 0.15) is 30.2 Å². The van der Waals surface area contributed by atoms with Gasteiger partial charge in [0.2, 0.25) is 0 Å². The third-order valence-corrected chi connectivity index (χ3v) is 6.92. The maximum atomic E-state index is 12.9.